The van der Waals surface area contributed by atoms with Crippen LogP contribution in [0.3, 0.4) is 0 Å². The number of allylic oxidation sites excluding steroid dienone is 6. The quantitative estimate of drug-likeness (QED) is 0.720. The van der Waals surface area contributed by atoms with E-state index in [0.717, 1.165) is 44.2 Å². The molecule has 0 aromatic rings. The second kappa shape index (κ2) is 8.68. The van der Waals surface area contributed by atoms with Crippen molar-refractivity contribution >= 4 is 6.34 Å². The molecule has 0 spiro atoms. The molecule has 1 aliphatic heterocycles. The van der Waals surface area contributed by atoms with E-state index in [4.69, 9.17) is 5.26 Å². The number of hydrogen-bond acceptors (Lipinski definition) is 3. The first-order valence-electron chi connectivity index (χ1n) is 9.11. The molecule has 0 amide bonds. The van der Waals surface area contributed by atoms with Crippen LogP contribution in [0, 0.1) is 17.2 Å². The van der Waals surface area contributed by atoms with Crippen molar-refractivity contribution in [3.63, 3.8) is 0 Å². The van der Waals surface area contributed by atoms with E-state index in [1.165, 1.54) is 28.0 Å². The standard InChI is InChI=1S/C21H29N3/c1-5-7-8-19(18-11-9-17(13-22)10-12-18)20-16(4)23-14-24-21(20)15(3)6-2/h8,11,14,17H,5-7,9-10,12H2,1-4H3,(H,23,24)/b19-8-,21-15-. The van der Waals surface area contributed by atoms with E-state index in [9.17, 15) is 0 Å². The molecule has 3 heteroatoms. The van der Waals surface area contributed by atoms with Gasteiger partial charge in [-0.1, -0.05) is 32.4 Å². The molecule has 0 fully saturated rings. The minimum absolute atomic E-state index is 0.172. The largest absolute Gasteiger partial charge is 0.349 e. The van der Waals surface area contributed by atoms with Crippen molar-refractivity contribution in [3.8, 4) is 6.07 Å². The van der Waals surface area contributed by atoms with Crippen LogP contribution in [0.15, 0.2) is 50.8 Å². The van der Waals surface area contributed by atoms with Gasteiger partial charge in [-0.2, -0.15) is 5.26 Å². The number of nitriles is 1. The Kier molecular flexibility index (Phi) is 6.61. The van der Waals surface area contributed by atoms with Crippen molar-refractivity contribution in [3.05, 3.63) is 45.8 Å². The van der Waals surface area contributed by atoms with E-state index in [-0.39, 0.29) is 5.92 Å². The van der Waals surface area contributed by atoms with Crippen LogP contribution >= 0.6 is 0 Å². The molecule has 24 heavy (non-hydrogen) atoms. The zero-order valence-electron chi connectivity index (χ0n) is 15.4. The topological polar surface area (TPSA) is 48.2 Å². The Balaban J connectivity index is 2.48. The Morgan fingerprint density at radius 2 is 2.25 bits per heavy atom. The van der Waals surface area contributed by atoms with Gasteiger partial charge >= 0.3 is 0 Å². The minimum atomic E-state index is 0.172. The van der Waals surface area contributed by atoms with Crippen molar-refractivity contribution < 1.29 is 0 Å². The predicted octanol–water partition coefficient (Wildman–Crippen LogP) is 5.55. The van der Waals surface area contributed by atoms with Crippen LogP contribution in [0.1, 0.15) is 66.2 Å². The first-order chi connectivity index (χ1) is 11.6. The number of aliphatic imine (C=N–C) groups is 1. The average Bonchev–Trinajstić information content (AvgIpc) is 2.62. The highest BCUT2D eigenvalue weighted by atomic mass is 15.0. The van der Waals surface area contributed by atoms with Crippen molar-refractivity contribution in [1.82, 2.24) is 5.32 Å². The summed E-state index contributed by atoms with van der Waals surface area (Å²) in [6.07, 6.45) is 12.4. The molecule has 1 heterocycles. The van der Waals surface area contributed by atoms with Crippen molar-refractivity contribution in [2.24, 2.45) is 10.9 Å². The summed E-state index contributed by atoms with van der Waals surface area (Å²) in [5, 5.41) is 12.4. The molecule has 1 N–H and O–H groups in total. The highest BCUT2D eigenvalue weighted by Crippen LogP contribution is 2.37. The molecule has 0 saturated heterocycles. The van der Waals surface area contributed by atoms with Gasteiger partial charge in [0.15, 0.2) is 0 Å². The van der Waals surface area contributed by atoms with Gasteiger partial charge in [-0.25, -0.2) is 4.99 Å². The van der Waals surface area contributed by atoms with Gasteiger partial charge in [0.25, 0.3) is 0 Å². The zero-order valence-corrected chi connectivity index (χ0v) is 15.4. The SMILES string of the molecule is CCC/C=C(/C1=CCC(C#N)CC1)C1=C(C)NC=N/C1=C(/C)CC. The fourth-order valence-corrected chi connectivity index (χ4v) is 3.21. The molecule has 0 saturated carbocycles. The normalized spacial score (nSPS) is 23.5. The number of hydrogen-bond donors (Lipinski definition) is 1. The molecular weight excluding hydrogens is 294 g/mol. The second-order valence-electron chi connectivity index (χ2n) is 6.62. The Hall–Kier alpha value is -2.08. The number of nitrogens with one attached hydrogen (secondary N) is 1. The summed E-state index contributed by atoms with van der Waals surface area (Å²) in [6, 6.07) is 2.41. The fraction of sp³-hybridized carbons (Fsp3) is 0.524. The van der Waals surface area contributed by atoms with E-state index in [2.05, 4.69) is 56.2 Å². The Labute approximate surface area is 146 Å². The lowest BCUT2D eigenvalue weighted by molar-refractivity contribution is 0.582. The molecular formula is C21H29N3. The first-order valence-corrected chi connectivity index (χ1v) is 9.11. The Morgan fingerprint density at radius 3 is 2.83 bits per heavy atom. The third kappa shape index (κ3) is 4.06. The van der Waals surface area contributed by atoms with Gasteiger partial charge in [0.1, 0.15) is 0 Å². The fourth-order valence-electron chi connectivity index (χ4n) is 3.21. The molecule has 0 aromatic heterocycles. The summed E-state index contributed by atoms with van der Waals surface area (Å²) in [4.78, 5) is 4.65. The Morgan fingerprint density at radius 1 is 1.46 bits per heavy atom. The molecule has 1 unspecified atom stereocenters. The van der Waals surface area contributed by atoms with Crippen molar-refractivity contribution in [2.75, 3.05) is 0 Å². The van der Waals surface area contributed by atoms with E-state index in [1.54, 1.807) is 6.34 Å². The van der Waals surface area contributed by atoms with E-state index < -0.39 is 0 Å². The smallest absolute Gasteiger partial charge is 0.0928 e. The first kappa shape index (κ1) is 18.3. The summed E-state index contributed by atoms with van der Waals surface area (Å²) in [5.41, 5.74) is 7.53. The van der Waals surface area contributed by atoms with Crippen LogP contribution in [0.2, 0.25) is 0 Å². The van der Waals surface area contributed by atoms with Gasteiger partial charge in [0.2, 0.25) is 0 Å². The molecule has 1 aliphatic carbocycles. The Bertz CT molecular complexity index is 666. The molecule has 0 radical (unpaired) electrons. The summed E-state index contributed by atoms with van der Waals surface area (Å²) in [5.74, 6) is 0.172. The van der Waals surface area contributed by atoms with E-state index >= 15 is 0 Å². The molecule has 1 atom stereocenters. The van der Waals surface area contributed by atoms with Gasteiger partial charge < -0.3 is 5.32 Å². The van der Waals surface area contributed by atoms with Crippen LogP contribution in [-0.2, 0) is 0 Å². The summed E-state index contributed by atoms with van der Waals surface area (Å²) >= 11 is 0. The summed E-state index contributed by atoms with van der Waals surface area (Å²) < 4.78 is 0. The van der Waals surface area contributed by atoms with Gasteiger partial charge in [-0.05, 0) is 62.7 Å². The molecule has 0 bridgehead atoms. The maximum atomic E-state index is 9.16. The van der Waals surface area contributed by atoms with Crippen LogP contribution in [0.5, 0.6) is 0 Å². The number of rotatable bonds is 5. The lowest BCUT2D eigenvalue weighted by atomic mass is 9.82. The highest BCUT2D eigenvalue weighted by molar-refractivity contribution is 5.70. The third-order valence-electron chi connectivity index (χ3n) is 4.87. The van der Waals surface area contributed by atoms with Crippen LogP contribution in [0.25, 0.3) is 0 Å². The zero-order chi connectivity index (χ0) is 17.5. The maximum Gasteiger partial charge on any atom is 0.0928 e. The molecule has 2 rings (SSSR count). The van der Waals surface area contributed by atoms with Gasteiger partial charge in [-0.3, -0.25) is 0 Å². The third-order valence-corrected chi connectivity index (χ3v) is 4.87. The highest BCUT2D eigenvalue weighted by Gasteiger charge is 2.23. The van der Waals surface area contributed by atoms with Crippen LogP contribution in [0.4, 0.5) is 0 Å². The summed E-state index contributed by atoms with van der Waals surface area (Å²) in [7, 11) is 0. The van der Waals surface area contributed by atoms with Gasteiger partial charge in [0, 0.05) is 11.3 Å². The maximum absolute atomic E-state index is 9.16. The lowest BCUT2D eigenvalue weighted by Gasteiger charge is -2.26. The molecule has 2 aliphatic rings. The van der Waals surface area contributed by atoms with Crippen molar-refractivity contribution in [2.45, 2.75) is 66.2 Å². The monoisotopic (exact) mass is 323 g/mol. The van der Waals surface area contributed by atoms with Gasteiger partial charge in [-0.15, -0.1) is 0 Å². The van der Waals surface area contributed by atoms with Crippen LogP contribution in [-0.4, -0.2) is 6.34 Å². The average molecular weight is 323 g/mol. The molecule has 3 nitrogen and oxygen atoms in total. The number of unbranched alkanes of at least 4 members (excludes halogenated alkanes) is 1. The molecule has 0 aromatic carbocycles. The second-order valence-corrected chi connectivity index (χ2v) is 6.62. The predicted molar refractivity (Wildman–Crippen MR) is 101 cm³/mol. The van der Waals surface area contributed by atoms with Crippen molar-refractivity contribution in [1.29, 1.82) is 5.26 Å². The number of nitrogens with zero attached hydrogens (tertiary/aromatic N) is 2. The van der Waals surface area contributed by atoms with E-state index in [1.807, 2.05) is 0 Å². The summed E-state index contributed by atoms with van der Waals surface area (Å²) in [6.45, 7) is 8.69. The molecule has 128 valence electrons. The minimum Gasteiger partial charge on any atom is -0.349 e. The van der Waals surface area contributed by atoms with E-state index in [0.29, 0.717) is 0 Å². The van der Waals surface area contributed by atoms with Gasteiger partial charge in [0.05, 0.1) is 24.0 Å². The van der Waals surface area contributed by atoms with Crippen LogP contribution < -0.4 is 5.32 Å². The lowest BCUT2D eigenvalue weighted by Crippen LogP contribution is -2.19.